The molecule has 2 rings (SSSR count). The van der Waals surface area contributed by atoms with Crippen molar-refractivity contribution >= 4 is 46.4 Å². The third-order valence-corrected chi connectivity index (χ3v) is 5.11. The highest BCUT2D eigenvalue weighted by molar-refractivity contribution is 6.35. The van der Waals surface area contributed by atoms with E-state index in [0.29, 0.717) is 22.0 Å². The number of hydrogen-bond acceptors (Lipinski definition) is 0. The lowest BCUT2D eigenvalue weighted by Crippen LogP contribution is -2.34. The van der Waals surface area contributed by atoms with Crippen LogP contribution in [0.3, 0.4) is 0 Å². The summed E-state index contributed by atoms with van der Waals surface area (Å²) in [5.41, 5.74) is 0.623. The molecule has 0 N–H and O–H groups in total. The van der Waals surface area contributed by atoms with Crippen molar-refractivity contribution in [3.8, 4) is 0 Å². The molecule has 0 bridgehead atoms. The largest absolute Gasteiger partial charge is 0.207 e. The molecule has 0 atom stereocenters. The molecule has 0 aliphatic heterocycles. The van der Waals surface area contributed by atoms with Crippen LogP contribution in [-0.4, -0.2) is 11.8 Å². The lowest BCUT2D eigenvalue weighted by atomic mass is 9.78. The summed E-state index contributed by atoms with van der Waals surface area (Å²) in [6.45, 7) is 0. The molecular weight excluding hydrogens is 353 g/mol. The van der Waals surface area contributed by atoms with Gasteiger partial charge < -0.3 is 0 Å². The number of alkyl halides is 2. The number of hydrogen-bond donors (Lipinski definition) is 0. The van der Waals surface area contributed by atoms with Gasteiger partial charge in [-0.25, -0.2) is 4.39 Å². The summed E-state index contributed by atoms with van der Waals surface area (Å²) >= 11 is 24.4. The molecule has 0 spiro atoms. The second-order valence-corrected chi connectivity index (χ2v) is 6.32. The first-order valence-electron chi connectivity index (χ1n) is 6.33. The maximum atomic E-state index is 14.2. The third-order valence-electron chi connectivity index (χ3n) is 3.50. The van der Waals surface area contributed by atoms with Crippen LogP contribution in [0.2, 0.25) is 10.0 Å². The van der Waals surface area contributed by atoms with E-state index in [2.05, 4.69) is 0 Å². The quantitative estimate of drug-likeness (QED) is 0.562. The summed E-state index contributed by atoms with van der Waals surface area (Å²) < 4.78 is 14.2. The first kappa shape index (κ1) is 16.9. The fourth-order valence-electron chi connectivity index (χ4n) is 2.29. The van der Waals surface area contributed by atoms with Crippen LogP contribution in [-0.2, 0) is 11.8 Å². The first-order chi connectivity index (χ1) is 10.0. The Morgan fingerprint density at radius 2 is 1.62 bits per heavy atom. The minimum atomic E-state index is -0.716. The van der Waals surface area contributed by atoms with Gasteiger partial charge >= 0.3 is 0 Å². The lowest BCUT2D eigenvalue weighted by molar-refractivity contribution is 0.491. The molecule has 0 unspecified atom stereocenters. The molecule has 2 aromatic rings. The van der Waals surface area contributed by atoms with Crippen molar-refractivity contribution < 1.29 is 4.39 Å². The molecule has 112 valence electrons. The zero-order valence-corrected chi connectivity index (χ0v) is 14.1. The molecule has 0 heterocycles. The van der Waals surface area contributed by atoms with E-state index >= 15 is 0 Å². The van der Waals surface area contributed by atoms with E-state index in [1.807, 2.05) is 6.07 Å². The molecule has 21 heavy (non-hydrogen) atoms. The smallest absolute Gasteiger partial charge is 0.127 e. The van der Waals surface area contributed by atoms with Gasteiger partial charge in [0.05, 0.1) is 0 Å². The van der Waals surface area contributed by atoms with Gasteiger partial charge in [-0.3, -0.25) is 0 Å². The summed E-state index contributed by atoms with van der Waals surface area (Å²) in [5.74, 6) is 0.0659. The van der Waals surface area contributed by atoms with E-state index in [0.717, 1.165) is 5.56 Å². The van der Waals surface area contributed by atoms with Crippen LogP contribution in [0.5, 0.6) is 0 Å². The van der Waals surface area contributed by atoms with Gasteiger partial charge in [0.1, 0.15) is 5.82 Å². The summed E-state index contributed by atoms with van der Waals surface area (Å²) in [5, 5.41) is 1.08. The number of halogens is 5. The molecule has 0 saturated carbocycles. The average Bonchev–Trinajstić information content (AvgIpc) is 2.48. The van der Waals surface area contributed by atoms with Gasteiger partial charge in [0, 0.05) is 27.2 Å². The van der Waals surface area contributed by atoms with Gasteiger partial charge in [-0.2, -0.15) is 0 Å². The Labute approximate surface area is 143 Å². The van der Waals surface area contributed by atoms with E-state index in [1.54, 1.807) is 30.3 Å². The summed E-state index contributed by atoms with van der Waals surface area (Å²) in [4.78, 5) is 0. The van der Waals surface area contributed by atoms with Crippen molar-refractivity contribution in [3.63, 3.8) is 0 Å². The minimum Gasteiger partial charge on any atom is -0.207 e. The highest BCUT2D eigenvalue weighted by Crippen LogP contribution is 2.35. The van der Waals surface area contributed by atoms with Crippen LogP contribution in [0.4, 0.5) is 4.39 Å². The molecule has 5 heteroatoms. The van der Waals surface area contributed by atoms with Crippen LogP contribution >= 0.6 is 46.4 Å². The van der Waals surface area contributed by atoms with Gasteiger partial charge in [-0.05, 0) is 35.7 Å². The van der Waals surface area contributed by atoms with Gasteiger partial charge in [-0.1, -0.05) is 47.5 Å². The zero-order valence-electron chi connectivity index (χ0n) is 11.1. The Morgan fingerprint density at radius 3 is 2.19 bits per heavy atom. The average molecular weight is 366 g/mol. The van der Waals surface area contributed by atoms with Gasteiger partial charge in [-0.15, -0.1) is 23.2 Å². The highest BCUT2D eigenvalue weighted by atomic mass is 35.5. The van der Waals surface area contributed by atoms with Crippen molar-refractivity contribution in [1.29, 1.82) is 0 Å². The van der Waals surface area contributed by atoms with Crippen molar-refractivity contribution in [1.82, 2.24) is 0 Å². The van der Waals surface area contributed by atoms with E-state index in [4.69, 9.17) is 46.4 Å². The van der Waals surface area contributed by atoms with Crippen LogP contribution < -0.4 is 0 Å². The maximum absolute atomic E-state index is 14.2. The third kappa shape index (κ3) is 3.65. The Bertz CT molecular complexity index is 623. The molecule has 0 nitrogen and oxygen atoms in total. The molecule has 0 radical (unpaired) electrons. The van der Waals surface area contributed by atoms with E-state index in [-0.39, 0.29) is 17.6 Å². The highest BCUT2D eigenvalue weighted by Gasteiger charge is 2.34. The van der Waals surface area contributed by atoms with Gasteiger partial charge in [0.15, 0.2) is 0 Å². The molecule has 0 aromatic heterocycles. The summed E-state index contributed by atoms with van der Waals surface area (Å²) in [6.07, 6.45) is 0.441. The van der Waals surface area contributed by atoms with E-state index < -0.39 is 5.41 Å². The molecule has 0 amide bonds. The topological polar surface area (TPSA) is 0 Å². The Balaban J connectivity index is 2.46. The van der Waals surface area contributed by atoms with Crippen LogP contribution in [0.1, 0.15) is 11.1 Å². The minimum absolute atomic E-state index is 0.191. The van der Waals surface area contributed by atoms with E-state index in [1.165, 1.54) is 6.07 Å². The van der Waals surface area contributed by atoms with Crippen molar-refractivity contribution in [3.05, 3.63) is 69.5 Å². The lowest BCUT2D eigenvalue weighted by Gasteiger charge is -2.31. The molecule has 2 aromatic carbocycles. The molecule has 0 fully saturated rings. The first-order valence-corrected chi connectivity index (χ1v) is 8.16. The Morgan fingerprint density at radius 1 is 0.952 bits per heavy atom. The van der Waals surface area contributed by atoms with Crippen LogP contribution in [0, 0.1) is 5.82 Å². The predicted octanol–water partition coefficient (Wildman–Crippen LogP) is 6.09. The zero-order chi connectivity index (χ0) is 15.5. The normalized spacial score (nSPS) is 11.7. The summed E-state index contributed by atoms with van der Waals surface area (Å²) in [6, 6.07) is 11.8. The number of rotatable bonds is 5. The monoisotopic (exact) mass is 364 g/mol. The maximum Gasteiger partial charge on any atom is 0.127 e. The molecular formula is C16H13Cl4F. The molecule has 0 saturated heterocycles. The van der Waals surface area contributed by atoms with Crippen molar-refractivity contribution in [2.24, 2.45) is 0 Å². The summed E-state index contributed by atoms with van der Waals surface area (Å²) in [7, 11) is 0. The van der Waals surface area contributed by atoms with Gasteiger partial charge in [0.2, 0.25) is 0 Å². The fraction of sp³-hybridized carbons (Fsp3) is 0.250. The second kappa shape index (κ2) is 7.19. The van der Waals surface area contributed by atoms with Gasteiger partial charge in [0.25, 0.3) is 0 Å². The van der Waals surface area contributed by atoms with E-state index in [9.17, 15) is 4.39 Å². The second-order valence-electron chi connectivity index (χ2n) is 4.94. The predicted molar refractivity (Wildman–Crippen MR) is 89.7 cm³/mol. The molecule has 0 aliphatic carbocycles. The van der Waals surface area contributed by atoms with Crippen molar-refractivity contribution in [2.75, 3.05) is 11.8 Å². The Kier molecular flexibility index (Phi) is 5.79. The fourth-order valence-corrected chi connectivity index (χ4v) is 3.53. The standard InChI is InChI=1S/C16H13Cl4F/c17-9-16(10-18,13-3-1-2-4-15(13)21)8-11-5-6-12(19)7-14(11)20/h1-7H,8-10H2. The Hall–Kier alpha value is -0.470. The molecule has 0 aliphatic rings. The number of benzene rings is 2. The van der Waals surface area contributed by atoms with Crippen LogP contribution in [0.25, 0.3) is 0 Å². The van der Waals surface area contributed by atoms with Crippen LogP contribution in [0.15, 0.2) is 42.5 Å². The van der Waals surface area contributed by atoms with Crippen molar-refractivity contribution in [2.45, 2.75) is 11.8 Å². The SMILES string of the molecule is Fc1ccccc1C(CCl)(CCl)Cc1ccc(Cl)cc1Cl.